The molecule has 0 bridgehead atoms. The minimum Gasteiger partial charge on any atom is -0.378 e. The Balaban J connectivity index is 1.51. The summed E-state index contributed by atoms with van der Waals surface area (Å²) >= 11 is 0. The highest BCUT2D eigenvalue weighted by atomic mass is 16.5. The molecule has 6 nitrogen and oxygen atoms in total. The van der Waals surface area contributed by atoms with Gasteiger partial charge in [0.05, 0.1) is 24.6 Å². The lowest BCUT2D eigenvalue weighted by molar-refractivity contribution is 0.102. The lowest BCUT2D eigenvalue weighted by Crippen LogP contribution is -2.36. The predicted molar refractivity (Wildman–Crippen MR) is 107 cm³/mol. The first-order chi connectivity index (χ1) is 13.1. The highest BCUT2D eigenvalue weighted by Gasteiger charge is 2.24. The van der Waals surface area contributed by atoms with Crippen molar-refractivity contribution in [3.05, 3.63) is 41.2 Å². The van der Waals surface area contributed by atoms with Gasteiger partial charge in [0.25, 0.3) is 5.91 Å². The maximum atomic E-state index is 12.8. The van der Waals surface area contributed by atoms with Gasteiger partial charge >= 0.3 is 0 Å². The van der Waals surface area contributed by atoms with Crippen LogP contribution in [0.15, 0.2) is 24.4 Å². The van der Waals surface area contributed by atoms with Crippen molar-refractivity contribution in [1.29, 1.82) is 0 Å². The van der Waals surface area contributed by atoms with E-state index >= 15 is 0 Å². The number of benzene rings is 1. The van der Waals surface area contributed by atoms with Gasteiger partial charge in [-0.2, -0.15) is 5.10 Å². The lowest BCUT2D eigenvalue weighted by atomic mass is 10.0. The molecule has 2 aromatic rings. The molecule has 144 valence electrons. The molecule has 1 aromatic heterocycles. The van der Waals surface area contributed by atoms with Crippen LogP contribution in [0.3, 0.4) is 0 Å². The second kappa shape index (κ2) is 7.72. The van der Waals surface area contributed by atoms with Crippen molar-refractivity contribution in [2.75, 3.05) is 36.5 Å². The van der Waals surface area contributed by atoms with E-state index in [9.17, 15) is 4.79 Å². The molecule has 1 aromatic carbocycles. The molecule has 1 aliphatic heterocycles. The first-order valence-corrected chi connectivity index (χ1v) is 9.90. The van der Waals surface area contributed by atoms with E-state index in [1.807, 2.05) is 25.4 Å². The number of morpholine rings is 1. The smallest absolute Gasteiger partial charge is 0.255 e. The molecule has 2 fully saturated rings. The molecule has 0 unspecified atom stereocenters. The van der Waals surface area contributed by atoms with E-state index in [0.29, 0.717) is 11.5 Å². The van der Waals surface area contributed by atoms with Gasteiger partial charge in [0.2, 0.25) is 0 Å². The van der Waals surface area contributed by atoms with Crippen LogP contribution in [0.1, 0.15) is 53.2 Å². The van der Waals surface area contributed by atoms with Crippen molar-refractivity contribution in [2.45, 2.75) is 38.5 Å². The molecule has 1 saturated carbocycles. The minimum absolute atomic E-state index is 0.0705. The van der Waals surface area contributed by atoms with E-state index in [2.05, 4.69) is 28.3 Å². The number of hydrogen-bond acceptors (Lipinski definition) is 4. The molecule has 1 aliphatic carbocycles. The van der Waals surface area contributed by atoms with Gasteiger partial charge < -0.3 is 15.0 Å². The first-order valence-electron chi connectivity index (χ1n) is 9.90. The van der Waals surface area contributed by atoms with Crippen molar-refractivity contribution in [3.63, 3.8) is 0 Å². The van der Waals surface area contributed by atoms with Gasteiger partial charge in [-0.05, 0) is 43.5 Å². The fourth-order valence-electron chi connectivity index (χ4n) is 4.25. The summed E-state index contributed by atoms with van der Waals surface area (Å²) in [6, 6.07) is 5.95. The summed E-state index contributed by atoms with van der Waals surface area (Å²) in [5, 5.41) is 7.71. The molecule has 6 heteroatoms. The summed E-state index contributed by atoms with van der Waals surface area (Å²) < 4.78 is 7.23. The lowest BCUT2D eigenvalue weighted by Gasteiger charge is -2.30. The molecule has 0 atom stereocenters. The average Bonchev–Trinajstić information content (AvgIpc) is 3.32. The maximum Gasteiger partial charge on any atom is 0.255 e. The van der Waals surface area contributed by atoms with Crippen LogP contribution in [0.5, 0.6) is 0 Å². The number of anilines is 2. The number of amides is 1. The highest BCUT2D eigenvalue weighted by Crippen LogP contribution is 2.37. The second-order valence-electron chi connectivity index (χ2n) is 7.64. The molecule has 1 N–H and O–H groups in total. The summed E-state index contributed by atoms with van der Waals surface area (Å²) in [6.07, 6.45) is 6.73. The van der Waals surface area contributed by atoms with Crippen LogP contribution >= 0.6 is 0 Å². The summed E-state index contributed by atoms with van der Waals surface area (Å²) in [7, 11) is 1.91. The Morgan fingerprint density at radius 2 is 1.96 bits per heavy atom. The molecular weight excluding hydrogens is 340 g/mol. The van der Waals surface area contributed by atoms with Gasteiger partial charge in [-0.1, -0.05) is 12.8 Å². The Labute approximate surface area is 160 Å². The summed E-state index contributed by atoms with van der Waals surface area (Å²) in [5.41, 5.74) is 4.87. The van der Waals surface area contributed by atoms with Gasteiger partial charge in [0.1, 0.15) is 0 Å². The normalized spacial score (nSPS) is 18.1. The van der Waals surface area contributed by atoms with E-state index in [4.69, 9.17) is 4.74 Å². The van der Waals surface area contributed by atoms with Gasteiger partial charge in [0, 0.05) is 43.5 Å². The number of nitrogens with one attached hydrogen (secondary N) is 1. The largest absolute Gasteiger partial charge is 0.378 e. The fraction of sp³-hybridized carbons (Fsp3) is 0.524. The molecule has 4 rings (SSSR count). The van der Waals surface area contributed by atoms with Gasteiger partial charge in [0.15, 0.2) is 0 Å². The fourth-order valence-corrected chi connectivity index (χ4v) is 4.25. The molecule has 0 spiro atoms. The number of hydrogen-bond donors (Lipinski definition) is 1. The Kier molecular flexibility index (Phi) is 5.16. The Morgan fingerprint density at radius 3 is 2.67 bits per heavy atom. The van der Waals surface area contributed by atoms with Crippen molar-refractivity contribution in [3.8, 4) is 0 Å². The molecule has 0 radical (unpaired) electrons. The van der Waals surface area contributed by atoms with Crippen LogP contribution in [0, 0.1) is 6.92 Å². The van der Waals surface area contributed by atoms with Crippen molar-refractivity contribution in [1.82, 2.24) is 9.78 Å². The molecule has 27 heavy (non-hydrogen) atoms. The van der Waals surface area contributed by atoms with Crippen LogP contribution in [-0.2, 0) is 11.8 Å². The number of carbonyl (C=O) groups excluding carboxylic acids is 1. The highest BCUT2D eigenvalue weighted by molar-refractivity contribution is 6.05. The number of aryl methyl sites for hydroxylation is 2. The molecule has 1 amide bonds. The van der Waals surface area contributed by atoms with Crippen LogP contribution in [0.4, 0.5) is 11.4 Å². The van der Waals surface area contributed by atoms with Crippen molar-refractivity contribution in [2.24, 2.45) is 7.05 Å². The summed E-state index contributed by atoms with van der Waals surface area (Å²) in [4.78, 5) is 15.2. The van der Waals surface area contributed by atoms with Gasteiger partial charge in [-0.15, -0.1) is 0 Å². The van der Waals surface area contributed by atoms with E-state index in [0.717, 1.165) is 56.1 Å². The van der Waals surface area contributed by atoms with E-state index in [1.54, 1.807) is 4.68 Å². The van der Waals surface area contributed by atoms with Crippen LogP contribution < -0.4 is 10.2 Å². The zero-order chi connectivity index (χ0) is 18.8. The molecule has 2 heterocycles. The van der Waals surface area contributed by atoms with E-state index in [-0.39, 0.29) is 5.91 Å². The quantitative estimate of drug-likeness (QED) is 0.898. The minimum atomic E-state index is -0.0705. The first kappa shape index (κ1) is 18.0. The maximum absolute atomic E-state index is 12.8. The average molecular weight is 368 g/mol. The zero-order valence-electron chi connectivity index (χ0n) is 16.2. The molecule has 2 aliphatic rings. The second-order valence-corrected chi connectivity index (χ2v) is 7.64. The van der Waals surface area contributed by atoms with Crippen LogP contribution in [-0.4, -0.2) is 42.0 Å². The Morgan fingerprint density at radius 1 is 1.22 bits per heavy atom. The SMILES string of the molecule is Cc1cc(C(=O)Nc2cn(C)nc2C2CCCC2)ccc1N1CCOCC1. The number of ether oxygens (including phenoxy) is 1. The molecule has 1 saturated heterocycles. The van der Waals surface area contributed by atoms with Gasteiger partial charge in [-0.25, -0.2) is 0 Å². The summed E-state index contributed by atoms with van der Waals surface area (Å²) in [6.45, 7) is 5.37. The summed E-state index contributed by atoms with van der Waals surface area (Å²) in [5.74, 6) is 0.394. The Hall–Kier alpha value is -2.34. The number of aromatic nitrogens is 2. The Bertz CT molecular complexity index is 818. The van der Waals surface area contributed by atoms with Crippen molar-refractivity contribution < 1.29 is 9.53 Å². The van der Waals surface area contributed by atoms with E-state index < -0.39 is 0 Å². The van der Waals surface area contributed by atoms with E-state index in [1.165, 1.54) is 18.5 Å². The van der Waals surface area contributed by atoms with Crippen molar-refractivity contribution >= 4 is 17.3 Å². The third kappa shape index (κ3) is 3.86. The standard InChI is InChI=1S/C21H28N4O2/c1-15-13-17(7-8-19(15)25-9-11-27-12-10-25)21(26)22-18-14-24(2)23-20(18)16-5-3-4-6-16/h7-8,13-14,16H,3-6,9-12H2,1-2H3,(H,22,26). The monoisotopic (exact) mass is 368 g/mol. The molecular formula is C21H28N4O2. The van der Waals surface area contributed by atoms with Gasteiger partial charge in [-0.3, -0.25) is 9.48 Å². The number of nitrogens with zero attached hydrogens (tertiary/aromatic N) is 3. The number of carbonyl (C=O) groups is 1. The third-order valence-corrected chi connectivity index (χ3v) is 5.66. The third-order valence-electron chi connectivity index (χ3n) is 5.66. The van der Waals surface area contributed by atoms with Crippen LogP contribution in [0.25, 0.3) is 0 Å². The number of rotatable bonds is 4. The van der Waals surface area contributed by atoms with Crippen LogP contribution in [0.2, 0.25) is 0 Å². The topological polar surface area (TPSA) is 59.4 Å². The predicted octanol–water partition coefficient (Wildman–Crippen LogP) is 3.48. The zero-order valence-corrected chi connectivity index (χ0v) is 16.2.